The monoisotopic (exact) mass is 438 g/mol. The van der Waals surface area contributed by atoms with Crippen molar-refractivity contribution in [2.24, 2.45) is 13.0 Å². The van der Waals surface area contributed by atoms with Gasteiger partial charge in [-0.1, -0.05) is 44.2 Å². The third-order valence-electron chi connectivity index (χ3n) is 6.88. The van der Waals surface area contributed by atoms with E-state index in [4.69, 9.17) is 4.98 Å². The zero-order chi connectivity index (χ0) is 22.5. The van der Waals surface area contributed by atoms with Gasteiger partial charge in [0, 0.05) is 42.4 Å². The van der Waals surface area contributed by atoms with E-state index in [2.05, 4.69) is 100 Å². The number of para-hydroxylation sites is 3. The summed E-state index contributed by atoms with van der Waals surface area (Å²) in [7, 11) is 2.14. The van der Waals surface area contributed by atoms with Crippen LogP contribution in [-0.4, -0.2) is 36.2 Å². The van der Waals surface area contributed by atoms with Crippen LogP contribution in [-0.2, 0) is 26.4 Å². The summed E-state index contributed by atoms with van der Waals surface area (Å²) in [5, 5.41) is 9.19. The summed E-state index contributed by atoms with van der Waals surface area (Å²) in [5.74, 6) is 1.67. The molecule has 0 amide bonds. The highest BCUT2D eigenvalue weighted by Crippen LogP contribution is 2.39. The fourth-order valence-electron chi connectivity index (χ4n) is 5.39. The molecule has 2 aromatic carbocycles. The van der Waals surface area contributed by atoms with Crippen LogP contribution >= 0.6 is 0 Å². The predicted octanol–water partition coefficient (Wildman–Crippen LogP) is 5.12. The normalized spacial score (nSPS) is 16.8. The number of benzene rings is 2. The number of aryl methyl sites for hydroxylation is 1. The molecule has 4 heterocycles. The highest BCUT2D eigenvalue weighted by molar-refractivity contribution is 5.85. The van der Waals surface area contributed by atoms with E-state index in [0.717, 1.165) is 54.2 Å². The van der Waals surface area contributed by atoms with Gasteiger partial charge in [0.2, 0.25) is 0 Å². The maximum Gasteiger partial charge on any atom is 0.133 e. The smallest absolute Gasteiger partial charge is 0.133 e. The van der Waals surface area contributed by atoms with Crippen LogP contribution in [0, 0.1) is 5.92 Å². The predicted molar refractivity (Wildman–Crippen MR) is 132 cm³/mol. The number of aromatic nitrogens is 5. The van der Waals surface area contributed by atoms with E-state index in [9.17, 15) is 0 Å². The molecule has 1 aliphatic rings. The van der Waals surface area contributed by atoms with Gasteiger partial charge < -0.3 is 9.55 Å². The Hall–Kier alpha value is -3.38. The lowest BCUT2D eigenvalue weighted by Gasteiger charge is -2.35. The number of hydrogen-bond acceptors (Lipinski definition) is 3. The third-order valence-corrected chi connectivity index (χ3v) is 6.88. The van der Waals surface area contributed by atoms with Crippen LogP contribution in [0.4, 0.5) is 0 Å². The standard InChI is InChI=1S/C27H30N6/c1-17(2)14-18-15-19(31-30-18)16-33-13-12-21-20-8-4-5-9-22(20)28-25(21)26(33)27-29-23-10-6-7-11-24(23)32(27)3/h4-11,15,17,26,28H,12-14,16H2,1-3H3,(H,30,31). The summed E-state index contributed by atoms with van der Waals surface area (Å²) < 4.78 is 2.25. The fourth-order valence-corrected chi connectivity index (χ4v) is 5.39. The number of imidazole rings is 1. The molecule has 33 heavy (non-hydrogen) atoms. The summed E-state index contributed by atoms with van der Waals surface area (Å²) >= 11 is 0. The minimum atomic E-state index is 0.0513. The minimum Gasteiger partial charge on any atom is -0.356 e. The van der Waals surface area contributed by atoms with E-state index in [1.807, 2.05) is 0 Å². The fraction of sp³-hybridized carbons (Fsp3) is 0.333. The molecule has 5 aromatic rings. The number of fused-ring (bicyclic) bond motifs is 4. The first-order valence-corrected chi connectivity index (χ1v) is 11.9. The first-order valence-electron chi connectivity index (χ1n) is 11.9. The molecule has 0 spiro atoms. The summed E-state index contributed by atoms with van der Waals surface area (Å²) in [6, 6.07) is 19.3. The van der Waals surface area contributed by atoms with E-state index in [0.29, 0.717) is 5.92 Å². The highest BCUT2D eigenvalue weighted by atomic mass is 15.2. The van der Waals surface area contributed by atoms with Gasteiger partial charge in [0.1, 0.15) is 11.9 Å². The van der Waals surface area contributed by atoms with Crippen molar-refractivity contribution in [3.8, 4) is 0 Å². The van der Waals surface area contributed by atoms with E-state index in [-0.39, 0.29) is 6.04 Å². The number of hydrogen-bond donors (Lipinski definition) is 2. The van der Waals surface area contributed by atoms with Crippen molar-refractivity contribution in [3.63, 3.8) is 0 Å². The highest BCUT2D eigenvalue weighted by Gasteiger charge is 2.35. The van der Waals surface area contributed by atoms with Crippen molar-refractivity contribution in [1.82, 2.24) is 29.6 Å². The molecular formula is C27H30N6. The van der Waals surface area contributed by atoms with Crippen LogP contribution < -0.4 is 0 Å². The van der Waals surface area contributed by atoms with Gasteiger partial charge in [0.15, 0.2) is 0 Å². The molecular weight excluding hydrogens is 408 g/mol. The van der Waals surface area contributed by atoms with Crippen molar-refractivity contribution in [2.45, 2.75) is 39.3 Å². The van der Waals surface area contributed by atoms with E-state index < -0.39 is 0 Å². The van der Waals surface area contributed by atoms with E-state index in [1.54, 1.807) is 0 Å². The Morgan fingerprint density at radius 2 is 1.91 bits per heavy atom. The lowest BCUT2D eigenvalue weighted by atomic mass is 9.96. The molecule has 6 heteroatoms. The third kappa shape index (κ3) is 3.45. The Bertz CT molecular complexity index is 1440. The first kappa shape index (κ1) is 20.2. The molecule has 0 saturated heterocycles. The lowest BCUT2D eigenvalue weighted by Crippen LogP contribution is -2.37. The van der Waals surface area contributed by atoms with Gasteiger partial charge in [-0.3, -0.25) is 10.00 Å². The minimum absolute atomic E-state index is 0.0513. The van der Waals surface area contributed by atoms with Crippen molar-refractivity contribution < 1.29 is 0 Å². The van der Waals surface area contributed by atoms with Crippen LogP contribution in [0.2, 0.25) is 0 Å². The van der Waals surface area contributed by atoms with Gasteiger partial charge in [-0.15, -0.1) is 0 Å². The Morgan fingerprint density at radius 3 is 2.76 bits per heavy atom. The van der Waals surface area contributed by atoms with Crippen LogP contribution in [0.1, 0.15) is 48.4 Å². The number of nitrogens with one attached hydrogen (secondary N) is 2. The Morgan fingerprint density at radius 1 is 1.09 bits per heavy atom. The molecule has 168 valence electrons. The average molecular weight is 439 g/mol. The second kappa shape index (κ2) is 7.89. The molecule has 3 aromatic heterocycles. The lowest BCUT2D eigenvalue weighted by molar-refractivity contribution is 0.190. The first-order chi connectivity index (χ1) is 16.1. The molecule has 6 rings (SSSR count). The van der Waals surface area contributed by atoms with E-state index in [1.165, 1.54) is 22.2 Å². The molecule has 0 aliphatic carbocycles. The molecule has 0 radical (unpaired) electrons. The van der Waals surface area contributed by atoms with Gasteiger partial charge in [-0.2, -0.15) is 5.10 Å². The largest absolute Gasteiger partial charge is 0.356 e. The van der Waals surface area contributed by atoms with Crippen LogP contribution in [0.5, 0.6) is 0 Å². The van der Waals surface area contributed by atoms with Gasteiger partial charge in [-0.25, -0.2) is 4.98 Å². The number of nitrogens with zero attached hydrogens (tertiary/aromatic N) is 4. The summed E-state index contributed by atoms with van der Waals surface area (Å²) in [6.07, 6.45) is 2.02. The molecule has 2 N–H and O–H groups in total. The quantitative estimate of drug-likeness (QED) is 0.400. The molecule has 1 unspecified atom stereocenters. The van der Waals surface area contributed by atoms with Gasteiger partial charge >= 0.3 is 0 Å². The van der Waals surface area contributed by atoms with Crippen molar-refractivity contribution in [3.05, 3.63) is 83.1 Å². The molecule has 0 bridgehead atoms. The van der Waals surface area contributed by atoms with Crippen molar-refractivity contribution in [2.75, 3.05) is 6.54 Å². The number of rotatable bonds is 5. The SMILES string of the molecule is CC(C)Cc1cc(CN2CCc3c([nH]c4ccccc34)C2c2nc3ccccc3n2C)[nH]n1. The van der Waals surface area contributed by atoms with Crippen LogP contribution in [0.15, 0.2) is 54.6 Å². The summed E-state index contributed by atoms with van der Waals surface area (Å²) in [4.78, 5) is 11.4. The zero-order valence-electron chi connectivity index (χ0n) is 19.5. The maximum atomic E-state index is 5.12. The Balaban J connectivity index is 1.46. The molecule has 6 nitrogen and oxygen atoms in total. The second-order valence-corrected chi connectivity index (χ2v) is 9.69. The summed E-state index contributed by atoms with van der Waals surface area (Å²) in [6.45, 7) is 6.26. The average Bonchev–Trinajstić information content (AvgIpc) is 3.49. The Kier molecular flexibility index (Phi) is 4.84. The Labute approximate surface area is 193 Å². The molecule has 1 atom stereocenters. The number of H-pyrrole nitrogens is 2. The molecule has 0 fully saturated rings. The van der Waals surface area contributed by atoms with Gasteiger partial charge in [-0.05, 0) is 48.6 Å². The molecule has 1 aliphatic heterocycles. The van der Waals surface area contributed by atoms with Crippen molar-refractivity contribution in [1.29, 1.82) is 0 Å². The number of aromatic amines is 2. The van der Waals surface area contributed by atoms with Gasteiger partial charge in [0.05, 0.1) is 16.7 Å². The molecule has 0 saturated carbocycles. The van der Waals surface area contributed by atoms with Gasteiger partial charge in [0.25, 0.3) is 0 Å². The summed E-state index contributed by atoms with van der Waals surface area (Å²) in [5.41, 5.74) is 8.40. The van der Waals surface area contributed by atoms with E-state index >= 15 is 0 Å². The van der Waals surface area contributed by atoms with Crippen molar-refractivity contribution >= 4 is 21.9 Å². The van der Waals surface area contributed by atoms with Crippen LogP contribution in [0.3, 0.4) is 0 Å². The maximum absolute atomic E-state index is 5.12. The second-order valence-electron chi connectivity index (χ2n) is 9.69. The topological polar surface area (TPSA) is 65.5 Å². The zero-order valence-corrected chi connectivity index (χ0v) is 19.5. The van der Waals surface area contributed by atoms with Crippen LogP contribution in [0.25, 0.3) is 21.9 Å².